The van der Waals surface area contributed by atoms with Gasteiger partial charge in [-0.1, -0.05) is 61.3 Å². The average Bonchev–Trinajstić information content (AvgIpc) is 2.89. The molecule has 0 heterocycles. The van der Waals surface area contributed by atoms with Gasteiger partial charge in [-0.25, -0.2) is 0 Å². The van der Waals surface area contributed by atoms with Crippen LogP contribution < -0.4 is 10.1 Å². The molecule has 6 nitrogen and oxygen atoms in total. The van der Waals surface area contributed by atoms with Crippen molar-refractivity contribution in [2.24, 2.45) is 0 Å². The maximum absolute atomic E-state index is 12.5. The molecule has 2 atom stereocenters. The van der Waals surface area contributed by atoms with E-state index in [1.165, 1.54) is 24.3 Å². The molecule has 3 rings (SSSR count). The van der Waals surface area contributed by atoms with Gasteiger partial charge in [0, 0.05) is 23.0 Å². The van der Waals surface area contributed by atoms with Gasteiger partial charge in [0.2, 0.25) is 0 Å². The van der Waals surface area contributed by atoms with E-state index in [0.717, 1.165) is 24.0 Å². The van der Waals surface area contributed by atoms with E-state index >= 15 is 0 Å². The molecule has 0 radical (unpaired) electrons. The number of aliphatic carboxylic acids is 1. The maximum Gasteiger partial charge on any atom is 0.573 e. The first-order chi connectivity index (χ1) is 18.6. The first-order valence-electron chi connectivity index (χ1n) is 12.4. The highest BCUT2D eigenvalue weighted by molar-refractivity contribution is 6.30. The van der Waals surface area contributed by atoms with Crippen LogP contribution in [0, 0.1) is 0 Å². The number of carboxylic acids is 1. The summed E-state index contributed by atoms with van der Waals surface area (Å²) in [5.74, 6) is -1.77. The van der Waals surface area contributed by atoms with E-state index in [4.69, 9.17) is 21.4 Å². The molecule has 1 amide bonds. The summed E-state index contributed by atoms with van der Waals surface area (Å²) in [6, 6.07) is 19.9. The molecule has 0 fully saturated rings. The summed E-state index contributed by atoms with van der Waals surface area (Å²) < 4.78 is 47.8. The van der Waals surface area contributed by atoms with Crippen molar-refractivity contribution in [2.75, 3.05) is 6.54 Å². The second-order valence-corrected chi connectivity index (χ2v) is 9.33. The molecule has 39 heavy (non-hydrogen) atoms. The Morgan fingerprint density at radius 1 is 0.949 bits per heavy atom. The number of rotatable bonds is 13. The van der Waals surface area contributed by atoms with Crippen molar-refractivity contribution in [1.29, 1.82) is 0 Å². The lowest BCUT2D eigenvalue weighted by atomic mass is 9.85. The Balaban J connectivity index is 1.81. The Hall–Kier alpha value is -3.56. The van der Waals surface area contributed by atoms with Crippen LogP contribution in [0.2, 0.25) is 5.02 Å². The van der Waals surface area contributed by atoms with Gasteiger partial charge in [-0.2, -0.15) is 0 Å². The first-order valence-corrected chi connectivity index (χ1v) is 12.7. The van der Waals surface area contributed by atoms with Gasteiger partial charge in [0.1, 0.15) is 5.75 Å². The second-order valence-electron chi connectivity index (χ2n) is 8.89. The fourth-order valence-corrected chi connectivity index (χ4v) is 4.27. The van der Waals surface area contributed by atoms with Gasteiger partial charge in [-0.3, -0.25) is 9.59 Å². The van der Waals surface area contributed by atoms with E-state index in [0.29, 0.717) is 16.1 Å². The van der Waals surface area contributed by atoms with Gasteiger partial charge in [0.15, 0.2) is 0 Å². The highest BCUT2D eigenvalue weighted by Crippen LogP contribution is 2.39. The van der Waals surface area contributed by atoms with Crippen molar-refractivity contribution in [3.05, 3.63) is 100 Å². The Morgan fingerprint density at radius 2 is 1.56 bits per heavy atom. The normalized spacial score (nSPS) is 12.9. The Kier molecular flexibility index (Phi) is 10.8. The zero-order valence-corrected chi connectivity index (χ0v) is 22.0. The molecular formula is C29H29ClF3NO5. The third kappa shape index (κ3) is 9.60. The number of hydrogen-bond acceptors (Lipinski definition) is 4. The topological polar surface area (TPSA) is 84.9 Å². The molecule has 0 aliphatic rings. The number of carbonyl (C=O) groups excluding carboxylic acids is 1. The molecule has 0 spiro atoms. The number of benzene rings is 3. The highest BCUT2D eigenvalue weighted by Gasteiger charge is 2.31. The van der Waals surface area contributed by atoms with E-state index in [9.17, 15) is 22.8 Å². The Morgan fingerprint density at radius 3 is 2.13 bits per heavy atom. The number of ether oxygens (including phenoxy) is 2. The molecule has 0 saturated carbocycles. The van der Waals surface area contributed by atoms with Crippen LogP contribution in [0.25, 0.3) is 0 Å². The second kappa shape index (κ2) is 14.0. The summed E-state index contributed by atoms with van der Waals surface area (Å²) in [6.45, 7) is 2.23. The van der Waals surface area contributed by atoms with Gasteiger partial charge in [-0.15, -0.1) is 13.2 Å². The monoisotopic (exact) mass is 563 g/mol. The van der Waals surface area contributed by atoms with E-state index < -0.39 is 18.4 Å². The van der Waals surface area contributed by atoms with Crippen molar-refractivity contribution in [3.63, 3.8) is 0 Å². The summed E-state index contributed by atoms with van der Waals surface area (Å²) in [4.78, 5) is 23.1. The summed E-state index contributed by atoms with van der Waals surface area (Å²) >= 11 is 6.11. The SMILES string of the molecule is CCCC(c1ccc(C(=O)NCCC(=O)O)cc1)C(OCc1ccc(OC(F)(F)F)cc1)c1ccc(Cl)cc1. The minimum Gasteiger partial charge on any atom is -0.481 e. The van der Waals surface area contributed by atoms with Crippen LogP contribution in [0.5, 0.6) is 5.75 Å². The third-order valence-corrected chi connectivity index (χ3v) is 6.23. The van der Waals surface area contributed by atoms with E-state index in [1.807, 2.05) is 24.3 Å². The number of amides is 1. The van der Waals surface area contributed by atoms with E-state index in [2.05, 4.69) is 17.0 Å². The molecule has 0 saturated heterocycles. The van der Waals surface area contributed by atoms with Crippen LogP contribution in [-0.4, -0.2) is 29.9 Å². The molecule has 2 unspecified atom stereocenters. The molecule has 3 aromatic rings. The van der Waals surface area contributed by atoms with Crippen LogP contribution in [-0.2, 0) is 16.1 Å². The highest BCUT2D eigenvalue weighted by atomic mass is 35.5. The van der Waals surface area contributed by atoms with Crippen molar-refractivity contribution in [1.82, 2.24) is 5.32 Å². The predicted molar refractivity (Wildman–Crippen MR) is 141 cm³/mol. The molecule has 0 bridgehead atoms. The number of alkyl halides is 3. The smallest absolute Gasteiger partial charge is 0.481 e. The van der Waals surface area contributed by atoms with Crippen LogP contribution in [0.1, 0.15) is 65.3 Å². The predicted octanol–water partition coefficient (Wildman–Crippen LogP) is 7.28. The molecule has 0 aliphatic carbocycles. The fourth-order valence-electron chi connectivity index (χ4n) is 4.14. The third-order valence-electron chi connectivity index (χ3n) is 5.98. The van der Waals surface area contributed by atoms with Crippen LogP contribution in [0.4, 0.5) is 13.2 Å². The standard InChI is InChI=1S/C29H29ClF3NO5/c1-2-3-25(20-6-8-22(9-7-20)28(37)34-17-16-26(35)36)27(21-10-12-23(30)13-11-21)38-18-19-4-14-24(15-5-19)39-29(31,32)33/h4-15,25,27H,2-3,16-18H2,1H3,(H,34,37)(H,35,36). The lowest BCUT2D eigenvalue weighted by Crippen LogP contribution is -2.26. The van der Waals surface area contributed by atoms with Crippen molar-refractivity contribution in [3.8, 4) is 5.75 Å². The summed E-state index contributed by atoms with van der Waals surface area (Å²) in [7, 11) is 0. The zero-order valence-electron chi connectivity index (χ0n) is 21.2. The minimum atomic E-state index is -4.76. The Bertz CT molecular complexity index is 1220. The number of carboxylic acid groups (broad SMARTS) is 1. The summed E-state index contributed by atoms with van der Waals surface area (Å²) in [5.41, 5.74) is 2.90. The van der Waals surface area contributed by atoms with Gasteiger partial charge >= 0.3 is 12.3 Å². The number of halogens is 4. The molecule has 3 aromatic carbocycles. The number of nitrogens with one attached hydrogen (secondary N) is 1. The Labute approximate surface area is 229 Å². The summed E-state index contributed by atoms with van der Waals surface area (Å²) in [6.07, 6.45) is -3.74. The van der Waals surface area contributed by atoms with Crippen molar-refractivity contribution in [2.45, 2.75) is 51.2 Å². The van der Waals surface area contributed by atoms with E-state index in [1.54, 1.807) is 24.3 Å². The first kappa shape index (κ1) is 30.0. The number of carbonyl (C=O) groups is 2. The lowest BCUT2D eigenvalue weighted by molar-refractivity contribution is -0.274. The van der Waals surface area contributed by atoms with Gasteiger partial charge in [-0.05, 0) is 59.5 Å². The van der Waals surface area contributed by atoms with Crippen molar-refractivity contribution < 1.29 is 37.3 Å². The van der Waals surface area contributed by atoms with Crippen LogP contribution in [0.15, 0.2) is 72.8 Å². The lowest BCUT2D eigenvalue weighted by Gasteiger charge is -2.28. The molecular weight excluding hydrogens is 535 g/mol. The van der Waals surface area contributed by atoms with Crippen molar-refractivity contribution >= 4 is 23.5 Å². The molecule has 0 aliphatic heterocycles. The molecule has 208 valence electrons. The number of hydrogen-bond donors (Lipinski definition) is 2. The molecule has 0 aromatic heterocycles. The molecule has 10 heteroatoms. The average molecular weight is 564 g/mol. The fraction of sp³-hybridized carbons (Fsp3) is 0.310. The molecule has 2 N–H and O–H groups in total. The van der Waals surface area contributed by atoms with E-state index in [-0.39, 0.29) is 37.1 Å². The zero-order chi connectivity index (χ0) is 28.4. The van der Waals surface area contributed by atoms with Gasteiger partial charge < -0.3 is 19.9 Å². The van der Waals surface area contributed by atoms with Crippen LogP contribution in [0.3, 0.4) is 0 Å². The minimum absolute atomic E-state index is 0.0319. The largest absolute Gasteiger partial charge is 0.573 e. The summed E-state index contributed by atoms with van der Waals surface area (Å²) in [5, 5.41) is 11.9. The van der Waals surface area contributed by atoms with Gasteiger partial charge in [0.05, 0.1) is 19.1 Å². The quantitative estimate of drug-likeness (QED) is 0.228. The maximum atomic E-state index is 12.5. The van der Waals surface area contributed by atoms with Gasteiger partial charge in [0.25, 0.3) is 5.91 Å². The van der Waals surface area contributed by atoms with Crippen LogP contribution >= 0.6 is 11.6 Å².